The Hall–Kier alpha value is -2.84. The molecule has 8 nitrogen and oxygen atoms in total. The van der Waals surface area contributed by atoms with Gasteiger partial charge in [-0.1, -0.05) is 0 Å². The van der Waals surface area contributed by atoms with E-state index >= 15 is 0 Å². The number of nitrogens with zero attached hydrogens (tertiary/aromatic N) is 5. The Balaban J connectivity index is 1.51. The summed E-state index contributed by atoms with van der Waals surface area (Å²) in [5.74, 6) is -0.181. The van der Waals surface area contributed by atoms with Gasteiger partial charge in [0.25, 0.3) is 5.91 Å². The fourth-order valence-electron chi connectivity index (χ4n) is 4.57. The lowest BCUT2D eigenvalue weighted by atomic mass is 9.93. The molecule has 1 saturated heterocycles. The standard InChI is InChI=1S/C22H27N7O/c1-28-8-10-29(11-9-28)14-18-16-4-2-3-5-19(16)25-20(18)12-17-21(26-27-22(17)30)15-6-7-23-24-13-15/h6-7,12-13,25H,2-5,8-11,14H2,1H3,(H,27,30). The van der Waals surface area contributed by atoms with Crippen LogP contribution in [0.5, 0.6) is 0 Å². The zero-order chi connectivity index (χ0) is 20.5. The molecule has 0 saturated carbocycles. The Morgan fingerprint density at radius 1 is 1.13 bits per heavy atom. The Morgan fingerprint density at radius 2 is 1.97 bits per heavy atom. The molecule has 2 aromatic rings. The molecular formula is C22H27N7O. The first-order chi connectivity index (χ1) is 14.7. The number of likely N-dealkylation sites (N-methyl/N-ethyl adjacent to an activating group) is 1. The molecule has 1 fully saturated rings. The maximum Gasteiger partial charge on any atom is 0.273 e. The van der Waals surface area contributed by atoms with E-state index in [0.29, 0.717) is 11.3 Å². The number of aromatic amines is 1. The first-order valence-electron chi connectivity index (χ1n) is 10.7. The zero-order valence-corrected chi connectivity index (χ0v) is 17.3. The summed E-state index contributed by atoms with van der Waals surface area (Å²) in [5.41, 5.74) is 9.75. The van der Waals surface area contributed by atoms with Gasteiger partial charge in [0, 0.05) is 49.7 Å². The number of fused-ring (bicyclic) bond motifs is 1. The maximum absolute atomic E-state index is 12.6. The van der Waals surface area contributed by atoms with Crippen molar-refractivity contribution in [2.24, 2.45) is 5.10 Å². The fraction of sp³-hybridized carbons (Fsp3) is 0.455. The van der Waals surface area contributed by atoms with Crippen LogP contribution in [0.1, 0.15) is 40.9 Å². The van der Waals surface area contributed by atoms with Crippen LogP contribution in [0.4, 0.5) is 0 Å². The topological polar surface area (TPSA) is 89.5 Å². The van der Waals surface area contributed by atoms with Crippen molar-refractivity contribution < 1.29 is 4.79 Å². The van der Waals surface area contributed by atoms with Crippen LogP contribution in [0.3, 0.4) is 0 Å². The number of hydrogen-bond donors (Lipinski definition) is 2. The molecule has 1 aliphatic carbocycles. The second-order valence-corrected chi connectivity index (χ2v) is 8.35. The predicted molar refractivity (Wildman–Crippen MR) is 115 cm³/mol. The first kappa shape index (κ1) is 19.1. The maximum atomic E-state index is 12.6. The van der Waals surface area contributed by atoms with Crippen molar-refractivity contribution in [1.82, 2.24) is 30.4 Å². The quantitative estimate of drug-likeness (QED) is 0.750. The van der Waals surface area contributed by atoms with Gasteiger partial charge >= 0.3 is 0 Å². The van der Waals surface area contributed by atoms with E-state index in [1.165, 1.54) is 29.7 Å². The van der Waals surface area contributed by atoms with E-state index in [4.69, 9.17) is 0 Å². The van der Waals surface area contributed by atoms with Crippen LogP contribution >= 0.6 is 0 Å². The summed E-state index contributed by atoms with van der Waals surface area (Å²) >= 11 is 0. The molecule has 30 heavy (non-hydrogen) atoms. The van der Waals surface area contributed by atoms with Gasteiger partial charge in [-0.05, 0) is 56.0 Å². The molecular weight excluding hydrogens is 378 g/mol. The van der Waals surface area contributed by atoms with Gasteiger partial charge in [0.2, 0.25) is 0 Å². The highest BCUT2D eigenvalue weighted by atomic mass is 16.2. The van der Waals surface area contributed by atoms with Crippen LogP contribution in [-0.4, -0.2) is 69.8 Å². The lowest BCUT2D eigenvalue weighted by molar-refractivity contribution is -0.116. The number of nitrogens with one attached hydrogen (secondary N) is 2. The lowest BCUT2D eigenvalue weighted by Crippen LogP contribution is -2.44. The van der Waals surface area contributed by atoms with Gasteiger partial charge < -0.3 is 9.88 Å². The lowest BCUT2D eigenvalue weighted by Gasteiger charge is -2.32. The molecule has 0 atom stereocenters. The Labute approximate surface area is 176 Å². The van der Waals surface area contributed by atoms with Crippen LogP contribution in [-0.2, 0) is 24.2 Å². The van der Waals surface area contributed by atoms with Gasteiger partial charge in [0.1, 0.15) is 5.71 Å². The molecule has 3 aliphatic rings. The molecule has 0 aromatic carbocycles. The Kier molecular flexibility index (Phi) is 5.18. The van der Waals surface area contributed by atoms with E-state index in [0.717, 1.165) is 56.8 Å². The van der Waals surface area contributed by atoms with Crippen molar-refractivity contribution in [3.05, 3.63) is 52.1 Å². The summed E-state index contributed by atoms with van der Waals surface area (Å²) in [6.07, 6.45) is 9.86. The molecule has 0 spiro atoms. The number of carbonyl (C=O) groups is 1. The number of H-pyrrole nitrogens is 1. The van der Waals surface area contributed by atoms with Crippen molar-refractivity contribution in [2.75, 3.05) is 33.2 Å². The first-order valence-corrected chi connectivity index (χ1v) is 10.7. The molecule has 2 aliphatic heterocycles. The van der Waals surface area contributed by atoms with Crippen molar-refractivity contribution in [1.29, 1.82) is 0 Å². The molecule has 2 N–H and O–H groups in total. The van der Waals surface area contributed by atoms with Crippen molar-refractivity contribution in [3.8, 4) is 0 Å². The number of hydrazone groups is 1. The average Bonchev–Trinajstić information content (AvgIpc) is 3.31. The minimum Gasteiger partial charge on any atom is -0.358 e. The number of amides is 1. The summed E-state index contributed by atoms with van der Waals surface area (Å²) in [6, 6.07) is 1.82. The van der Waals surface area contributed by atoms with Gasteiger partial charge in [-0.15, -0.1) is 0 Å². The molecule has 8 heteroatoms. The Morgan fingerprint density at radius 3 is 2.77 bits per heavy atom. The zero-order valence-electron chi connectivity index (χ0n) is 17.3. The largest absolute Gasteiger partial charge is 0.358 e. The smallest absolute Gasteiger partial charge is 0.273 e. The summed E-state index contributed by atoms with van der Waals surface area (Å²) in [6.45, 7) is 5.25. The van der Waals surface area contributed by atoms with Gasteiger partial charge in [-0.3, -0.25) is 9.69 Å². The highest BCUT2D eigenvalue weighted by Gasteiger charge is 2.27. The second-order valence-electron chi connectivity index (χ2n) is 8.35. The third kappa shape index (κ3) is 3.68. The highest BCUT2D eigenvalue weighted by Crippen LogP contribution is 2.30. The van der Waals surface area contributed by atoms with E-state index in [2.05, 4.69) is 42.6 Å². The van der Waals surface area contributed by atoms with Crippen molar-refractivity contribution in [2.45, 2.75) is 32.2 Å². The van der Waals surface area contributed by atoms with Crippen LogP contribution in [0.2, 0.25) is 0 Å². The summed E-state index contributed by atoms with van der Waals surface area (Å²) < 4.78 is 0. The van der Waals surface area contributed by atoms with Gasteiger partial charge in [0.15, 0.2) is 0 Å². The summed E-state index contributed by atoms with van der Waals surface area (Å²) in [4.78, 5) is 21.1. The van der Waals surface area contributed by atoms with Crippen LogP contribution in [0.25, 0.3) is 6.08 Å². The van der Waals surface area contributed by atoms with E-state index in [-0.39, 0.29) is 5.91 Å². The third-order valence-electron chi connectivity index (χ3n) is 6.34. The van der Waals surface area contributed by atoms with E-state index in [1.807, 2.05) is 12.1 Å². The monoisotopic (exact) mass is 405 g/mol. The Bertz CT molecular complexity index is 1000. The summed E-state index contributed by atoms with van der Waals surface area (Å²) in [7, 11) is 2.18. The molecule has 0 bridgehead atoms. The molecule has 2 aromatic heterocycles. The molecule has 0 radical (unpaired) electrons. The molecule has 1 amide bonds. The number of carbonyl (C=O) groups excluding carboxylic acids is 1. The molecule has 5 rings (SSSR count). The minimum absolute atomic E-state index is 0.181. The molecule has 4 heterocycles. The van der Waals surface area contributed by atoms with E-state index < -0.39 is 0 Å². The fourth-order valence-corrected chi connectivity index (χ4v) is 4.57. The van der Waals surface area contributed by atoms with Gasteiger partial charge in [0.05, 0.1) is 18.0 Å². The second kappa shape index (κ2) is 8.12. The van der Waals surface area contributed by atoms with Crippen LogP contribution in [0.15, 0.2) is 29.1 Å². The third-order valence-corrected chi connectivity index (χ3v) is 6.34. The highest BCUT2D eigenvalue weighted by molar-refractivity contribution is 6.33. The van der Waals surface area contributed by atoms with Crippen molar-refractivity contribution in [3.63, 3.8) is 0 Å². The summed E-state index contributed by atoms with van der Waals surface area (Å²) in [5, 5.41) is 12.0. The van der Waals surface area contributed by atoms with Crippen molar-refractivity contribution >= 4 is 17.7 Å². The van der Waals surface area contributed by atoms with E-state index in [9.17, 15) is 4.79 Å². The number of aryl methyl sites for hydroxylation is 1. The number of piperazine rings is 1. The van der Waals surface area contributed by atoms with Crippen LogP contribution in [0, 0.1) is 0 Å². The molecule has 156 valence electrons. The normalized spacial score (nSPS) is 21.6. The van der Waals surface area contributed by atoms with Gasteiger partial charge in [-0.25, -0.2) is 5.43 Å². The minimum atomic E-state index is -0.181. The number of hydrogen-bond acceptors (Lipinski definition) is 6. The molecule has 0 unspecified atom stereocenters. The number of aromatic nitrogens is 3. The SMILES string of the molecule is CN1CCN(Cc2c(C=C3C(=O)NN=C3c3ccnnc3)[nH]c3c2CCCC3)CC1. The van der Waals surface area contributed by atoms with E-state index in [1.54, 1.807) is 12.4 Å². The average molecular weight is 406 g/mol. The predicted octanol–water partition coefficient (Wildman–Crippen LogP) is 1.35. The van der Waals surface area contributed by atoms with Crippen LogP contribution < -0.4 is 5.43 Å². The number of rotatable bonds is 4. The van der Waals surface area contributed by atoms with Gasteiger partial charge in [-0.2, -0.15) is 15.3 Å².